The number of hydrogen-bond donors (Lipinski definition) is 1. The second-order valence-corrected chi connectivity index (χ2v) is 2.89. The second-order valence-electron chi connectivity index (χ2n) is 2.89. The molecular formula is C9H10F2N2O2. The smallest absolute Gasteiger partial charge is 0.357 e. The van der Waals surface area contributed by atoms with Crippen molar-refractivity contribution in [1.82, 2.24) is 4.98 Å². The van der Waals surface area contributed by atoms with Gasteiger partial charge in [-0.2, -0.15) is 0 Å². The van der Waals surface area contributed by atoms with E-state index in [1.165, 1.54) is 6.92 Å². The summed E-state index contributed by atoms with van der Waals surface area (Å²) in [7, 11) is 1.10. The van der Waals surface area contributed by atoms with Gasteiger partial charge in [-0.25, -0.2) is 18.6 Å². The fraction of sp³-hybridized carbons (Fsp3) is 0.333. The molecule has 0 radical (unpaired) electrons. The van der Waals surface area contributed by atoms with Crippen LogP contribution in [0, 0.1) is 6.92 Å². The predicted octanol–water partition coefficient (Wildman–Crippen LogP) is 1.70. The van der Waals surface area contributed by atoms with Crippen LogP contribution in [-0.4, -0.2) is 18.1 Å². The Morgan fingerprint density at radius 2 is 2.20 bits per heavy atom. The lowest BCUT2D eigenvalue weighted by Gasteiger charge is -2.10. The van der Waals surface area contributed by atoms with Crippen molar-refractivity contribution in [3.05, 3.63) is 23.0 Å². The molecule has 0 saturated carbocycles. The number of alkyl halides is 2. The highest BCUT2D eigenvalue weighted by Crippen LogP contribution is 2.28. The number of carbonyl (C=O) groups is 1. The minimum Gasteiger partial charge on any atom is -0.464 e. The van der Waals surface area contributed by atoms with Crippen molar-refractivity contribution in [2.24, 2.45) is 0 Å². The minimum absolute atomic E-state index is 0.123. The number of anilines is 1. The predicted molar refractivity (Wildman–Crippen MR) is 49.7 cm³/mol. The molecule has 82 valence electrons. The topological polar surface area (TPSA) is 65.2 Å². The zero-order chi connectivity index (χ0) is 11.6. The van der Waals surface area contributed by atoms with Crippen LogP contribution in [0.15, 0.2) is 6.20 Å². The highest BCUT2D eigenvalue weighted by molar-refractivity contribution is 5.89. The zero-order valence-electron chi connectivity index (χ0n) is 8.25. The fourth-order valence-electron chi connectivity index (χ4n) is 1.16. The van der Waals surface area contributed by atoms with Crippen molar-refractivity contribution < 1.29 is 18.3 Å². The molecular weight excluding hydrogens is 206 g/mol. The molecule has 0 aliphatic carbocycles. The molecule has 0 fully saturated rings. The Hall–Kier alpha value is -1.72. The maximum Gasteiger partial charge on any atom is 0.357 e. The van der Waals surface area contributed by atoms with E-state index in [-0.39, 0.29) is 16.9 Å². The molecule has 6 heteroatoms. The summed E-state index contributed by atoms with van der Waals surface area (Å²) in [6.07, 6.45) is -1.65. The third-order valence-corrected chi connectivity index (χ3v) is 2.02. The molecule has 1 rings (SSSR count). The third-order valence-electron chi connectivity index (χ3n) is 2.02. The molecule has 0 unspecified atom stereocenters. The van der Waals surface area contributed by atoms with Crippen LogP contribution in [0.25, 0.3) is 0 Å². The van der Waals surface area contributed by atoms with Gasteiger partial charge in [-0.1, -0.05) is 0 Å². The van der Waals surface area contributed by atoms with Crippen molar-refractivity contribution in [1.29, 1.82) is 0 Å². The van der Waals surface area contributed by atoms with E-state index in [1.54, 1.807) is 0 Å². The molecule has 15 heavy (non-hydrogen) atoms. The summed E-state index contributed by atoms with van der Waals surface area (Å²) >= 11 is 0. The monoisotopic (exact) mass is 216 g/mol. The van der Waals surface area contributed by atoms with Gasteiger partial charge >= 0.3 is 5.97 Å². The molecule has 2 N–H and O–H groups in total. The molecule has 0 bridgehead atoms. The van der Waals surface area contributed by atoms with E-state index in [0.717, 1.165) is 13.3 Å². The van der Waals surface area contributed by atoms with Crippen LogP contribution < -0.4 is 5.73 Å². The SMILES string of the molecule is COC(=O)c1ncc(N)c(C)c1C(F)F. The van der Waals surface area contributed by atoms with Crippen LogP contribution in [0.4, 0.5) is 14.5 Å². The molecule has 1 aromatic heterocycles. The number of nitrogen functional groups attached to an aromatic ring is 1. The molecule has 0 saturated heterocycles. The quantitative estimate of drug-likeness (QED) is 0.764. The van der Waals surface area contributed by atoms with E-state index in [2.05, 4.69) is 9.72 Å². The Morgan fingerprint density at radius 3 is 2.67 bits per heavy atom. The van der Waals surface area contributed by atoms with Crippen LogP contribution in [0.1, 0.15) is 28.0 Å². The number of hydrogen-bond acceptors (Lipinski definition) is 4. The Labute approximate surface area is 85.1 Å². The average molecular weight is 216 g/mol. The summed E-state index contributed by atoms with van der Waals surface area (Å²) in [4.78, 5) is 14.7. The first-order valence-electron chi connectivity index (χ1n) is 4.10. The second kappa shape index (κ2) is 4.20. The van der Waals surface area contributed by atoms with Gasteiger partial charge in [-0.05, 0) is 12.5 Å². The van der Waals surface area contributed by atoms with Crippen LogP contribution >= 0.6 is 0 Å². The van der Waals surface area contributed by atoms with Gasteiger partial charge in [-0.3, -0.25) is 0 Å². The van der Waals surface area contributed by atoms with Crippen molar-refractivity contribution in [3.63, 3.8) is 0 Å². The molecule has 0 spiro atoms. The number of esters is 1. The summed E-state index contributed by atoms with van der Waals surface area (Å²) < 4.78 is 29.7. The Kier molecular flexibility index (Phi) is 3.18. The molecule has 0 aliphatic rings. The number of nitrogens with two attached hydrogens (primary N) is 1. The summed E-state index contributed by atoms with van der Waals surface area (Å²) in [6, 6.07) is 0. The van der Waals surface area contributed by atoms with Gasteiger partial charge in [0, 0.05) is 0 Å². The van der Waals surface area contributed by atoms with Gasteiger partial charge in [0.2, 0.25) is 0 Å². The summed E-state index contributed by atoms with van der Waals surface area (Å²) in [5, 5.41) is 0. The molecule has 4 nitrogen and oxygen atoms in total. The molecule has 1 heterocycles. The highest BCUT2D eigenvalue weighted by Gasteiger charge is 2.23. The number of pyridine rings is 1. The lowest BCUT2D eigenvalue weighted by molar-refractivity contribution is 0.0581. The van der Waals surface area contributed by atoms with E-state index in [4.69, 9.17) is 5.73 Å². The van der Waals surface area contributed by atoms with Crippen molar-refractivity contribution in [3.8, 4) is 0 Å². The Bertz CT molecular complexity index is 394. The largest absolute Gasteiger partial charge is 0.464 e. The number of methoxy groups -OCH3 is 1. The first kappa shape index (κ1) is 11.4. The highest BCUT2D eigenvalue weighted by atomic mass is 19.3. The van der Waals surface area contributed by atoms with Crippen LogP contribution in [0.2, 0.25) is 0 Å². The normalized spacial score (nSPS) is 10.5. The van der Waals surface area contributed by atoms with Gasteiger partial charge in [0.25, 0.3) is 6.43 Å². The van der Waals surface area contributed by atoms with Gasteiger partial charge in [0.05, 0.1) is 24.6 Å². The number of rotatable bonds is 2. The van der Waals surface area contributed by atoms with Gasteiger partial charge in [0.1, 0.15) is 0 Å². The average Bonchev–Trinajstić information content (AvgIpc) is 2.20. The summed E-state index contributed by atoms with van der Waals surface area (Å²) in [5.41, 5.74) is 4.84. The fourth-order valence-corrected chi connectivity index (χ4v) is 1.16. The van der Waals surface area contributed by atoms with E-state index in [1.807, 2.05) is 0 Å². The first-order valence-corrected chi connectivity index (χ1v) is 4.10. The number of aromatic nitrogens is 1. The van der Waals surface area contributed by atoms with E-state index < -0.39 is 18.0 Å². The summed E-state index contributed by atoms with van der Waals surface area (Å²) in [6.45, 7) is 1.41. The van der Waals surface area contributed by atoms with E-state index in [9.17, 15) is 13.6 Å². The Morgan fingerprint density at radius 1 is 1.60 bits per heavy atom. The molecule has 0 amide bonds. The van der Waals surface area contributed by atoms with Crippen LogP contribution in [-0.2, 0) is 4.74 Å². The van der Waals surface area contributed by atoms with Gasteiger partial charge in [-0.15, -0.1) is 0 Å². The van der Waals surface area contributed by atoms with Gasteiger partial charge in [0.15, 0.2) is 5.69 Å². The van der Waals surface area contributed by atoms with Crippen molar-refractivity contribution in [2.75, 3.05) is 12.8 Å². The molecule has 0 aromatic carbocycles. The number of halogens is 2. The third kappa shape index (κ3) is 2.03. The molecule has 1 aromatic rings. The van der Waals surface area contributed by atoms with E-state index >= 15 is 0 Å². The molecule has 0 atom stereocenters. The molecule has 0 aliphatic heterocycles. The number of nitrogens with zero attached hydrogens (tertiary/aromatic N) is 1. The zero-order valence-corrected chi connectivity index (χ0v) is 8.25. The van der Waals surface area contributed by atoms with Gasteiger partial charge < -0.3 is 10.5 Å². The van der Waals surface area contributed by atoms with E-state index in [0.29, 0.717) is 0 Å². The number of carbonyl (C=O) groups excluding carboxylic acids is 1. The maximum absolute atomic E-state index is 12.7. The lowest BCUT2D eigenvalue weighted by atomic mass is 10.1. The van der Waals surface area contributed by atoms with Crippen molar-refractivity contribution >= 4 is 11.7 Å². The van der Waals surface area contributed by atoms with Crippen LogP contribution in [0.5, 0.6) is 0 Å². The minimum atomic E-state index is -2.81. The first-order chi connectivity index (χ1) is 6.99. The number of ether oxygens (including phenoxy) is 1. The summed E-state index contributed by atoms with van der Waals surface area (Å²) in [5.74, 6) is -0.895. The Balaban J connectivity index is 3.40. The van der Waals surface area contributed by atoms with Crippen LogP contribution in [0.3, 0.4) is 0 Å². The lowest BCUT2D eigenvalue weighted by Crippen LogP contribution is -2.12. The maximum atomic E-state index is 12.7. The standard InChI is InChI=1S/C9H10F2N2O2/c1-4-5(12)3-13-7(9(14)15-2)6(4)8(10)11/h3,8H,12H2,1-2H3. The van der Waals surface area contributed by atoms with Crippen molar-refractivity contribution in [2.45, 2.75) is 13.3 Å².